The number of esters is 1. The second-order valence-corrected chi connectivity index (χ2v) is 4.46. The van der Waals surface area contributed by atoms with E-state index >= 15 is 0 Å². The van der Waals surface area contributed by atoms with Crippen molar-refractivity contribution in [3.05, 3.63) is 65.7 Å². The maximum Gasteiger partial charge on any atom is 0.331 e. The van der Waals surface area contributed by atoms with Gasteiger partial charge in [-0.2, -0.15) is 0 Å². The number of hydrogen-bond donors (Lipinski definition) is 1. The van der Waals surface area contributed by atoms with Crippen LogP contribution in [0.1, 0.15) is 11.1 Å². The zero-order chi connectivity index (χ0) is 15.1. The number of ether oxygens (including phenoxy) is 2. The standard InChI is InChI=1S/C17H17NO3/c1-20-16-9-4-14(5-10-16)12-21-17(19)11-6-13-2-7-15(18)8-3-13/h2-11H,12,18H2,1H3/b11-6+. The van der Waals surface area contributed by atoms with Gasteiger partial charge in [0.1, 0.15) is 12.4 Å². The molecule has 0 atom stereocenters. The molecule has 0 aliphatic heterocycles. The van der Waals surface area contributed by atoms with Crippen LogP contribution >= 0.6 is 0 Å². The molecule has 0 amide bonds. The van der Waals surface area contributed by atoms with Crippen molar-refractivity contribution < 1.29 is 14.3 Å². The van der Waals surface area contributed by atoms with E-state index in [9.17, 15) is 4.79 Å². The number of hydrogen-bond acceptors (Lipinski definition) is 4. The number of rotatable bonds is 5. The minimum Gasteiger partial charge on any atom is -0.497 e. The largest absolute Gasteiger partial charge is 0.497 e. The maximum absolute atomic E-state index is 11.6. The number of anilines is 1. The van der Waals surface area contributed by atoms with Gasteiger partial charge in [-0.3, -0.25) is 0 Å². The van der Waals surface area contributed by atoms with Crippen molar-refractivity contribution in [2.45, 2.75) is 6.61 Å². The third-order valence-corrected chi connectivity index (χ3v) is 2.89. The normalized spacial score (nSPS) is 10.5. The van der Waals surface area contributed by atoms with Crippen molar-refractivity contribution in [2.24, 2.45) is 0 Å². The molecule has 0 heterocycles. The van der Waals surface area contributed by atoms with Crippen LogP contribution in [0.4, 0.5) is 5.69 Å². The molecule has 4 nitrogen and oxygen atoms in total. The van der Waals surface area contributed by atoms with Crippen LogP contribution in [0.15, 0.2) is 54.6 Å². The van der Waals surface area contributed by atoms with Crippen LogP contribution in [0.25, 0.3) is 6.08 Å². The highest BCUT2D eigenvalue weighted by molar-refractivity contribution is 5.87. The summed E-state index contributed by atoms with van der Waals surface area (Å²) in [5, 5.41) is 0. The SMILES string of the molecule is COc1ccc(COC(=O)/C=C/c2ccc(N)cc2)cc1. The molecule has 0 fully saturated rings. The molecule has 0 saturated heterocycles. The molecule has 4 heteroatoms. The summed E-state index contributed by atoms with van der Waals surface area (Å²) in [6.45, 7) is 0.231. The molecule has 21 heavy (non-hydrogen) atoms. The molecule has 0 saturated carbocycles. The second kappa shape index (κ2) is 7.14. The van der Waals surface area contributed by atoms with E-state index in [2.05, 4.69) is 0 Å². The summed E-state index contributed by atoms with van der Waals surface area (Å²) in [7, 11) is 1.61. The van der Waals surface area contributed by atoms with Gasteiger partial charge in [-0.05, 0) is 41.5 Å². The van der Waals surface area contributed by atoms with Crippen molar-refractivity contribution in [1.82, 2.24) is 0 Å². The Hall–Kier alpha value is -2.75. The lowest BCUT2D eigenvalue weighted by Gasteiger charge is -2.04. The summed E-state index contributed by atoms with van der Waals surface area (Å²) in [6.07, 6.45) is 3.09. The smallest absolute Gasteiger partial charge is 0.331 e. The Bertz CT molecular complexity index is 615. The maximum atomic E-state index is 11.6. The third-order valence-electron chi connectivity index (χ3n) is 2.89. The van der Waals surface area contributed by atoms with Crippen molar-refractivity contribution in [1.29, 1.82) is 0 Å². The van der Waals surface area contributed by atoms with Gasteiger partial charge in [0.15, 0.2) is 0 Å². The minimum atomic E-state index is -0.386. The van der Waals surface area contributed by atoms with Gasteiger partial charge in [-0.25, -0.2) is 4.79 Å². The predicted octanol–water partition coefficient (Wildman–Crippen LogP) is 3.03. The average Bonchev–Trinajstić information content (AvgIpc) is 2.53. The first-order chi connectivity index (χ1) is 10.2. The summed E-state index contributed by atoms with van der Waals surface area (Å²) in [6, 6.07) is 14.6. The van der Waals surface area contributed by atoms with Gasteiger partial charge >= 0.3 is 5.97 Å². The number of benzene rings is 2. The fourth-order valence-electron chi connectivity index (χ4n) is 1.70. The monoisotopic (exact) mass is 283 g/mol. The van der Waals surface area contributed by atoms with E-state index < -0.39 is 0 Å². The summed E-state index contributed by atoms with van der Waals surface area (Å²) >= 11 is 0. The van der Waals surface area contributed by atoms with Crippen molar-refractivity contribution in [2.75, 3.05) is 12.8 Å². The second-order valence-electron chi connectivity index (χ2n) is 4.46. The molecule has 0 radical (unpaired) electrons. The molecule has 2 aromatic carbocycles. The van der Waals surface area contributed by atoms with Crippen LogP contribution in [0, 0.1) is 0 Å². The van der Waals surface area contributed by atoms with Crippen LogP contribution in [0.3, 0.4) is 0 Å². The van der Waals surface area contributed by atoms with Gasteiger partial charge in [-0.15, -0.1) is 0 Å². The topological polar surface area (TPSA) is 61.5 Å². The van der Waals surface area contributed by atoms with E-state index in [1.807, 2.05) is 36.4 Å². The molecule has 0 aliphatic carbocycles. The zero-order valence-corrected chi connectivity index (χ0v) is 11.8. The molecule has 2 rings (SSSR count). The Morgan fingerprint density at radius 2 is 1.76 bits per heavy atom. The lowest BCUT2D eigenvalue weighted by atomic mass is 10.2. The van der Waals surface area contributed by atoms with Gasteiger partial charge in [0.2, 0.25) is 0 Å². The van der Waals surface area contributed by atoms with Gasteiger partial charge < -0.3 is 15.2 Å². The van der Waals surface area contributed by atoms with Crippen LogP contribution in [0.2, 0.25) is 0 Å². The lowest BCUT2D eigenvalue weighted by Crippen LogP contribution is -2.00. The van der Waals surface area contributed by atoms with Crippen molar-refractivity contribution >= 4 is 17.7 Å². The molecule has 0 bridgehead atoms. The molecule has 0 aromatic heterocycles. The minimum absolute atomic E-state index is 0.231. The van der Waals surface area contributed by atoms with Crippen molar-refractivity contribution in [3.63, 3.8) is 0 Å². The van der Waals surface area contributed by atoms with Crippen molar-refractivity contribution in [3.8, 4) is 5.75 Å². The van der Waals surface area contributed by atoms with E-state index in [-0.39, 0.29) is 12.6 Å². The van der Waals surface area contributed by atoms with Crippen LogP contribution in [-0.4, -0.2) is 13.1 Å². The Morgan fingerprint density at radius 1 is 1.10 bits per heavy atom. The van der Waals surface area contributed by atoms with Gasteiger partial charge in [0, 0.05) is 11.8 Å². The fourth-order valence-corrected chi connectivity index (χ4v) is 1.70. The number of nitrogen functional groups attached to an aromatic ring is 1. The molecule has 2 aromatic rings. The van der Waals surface area contributed by atoms with Gasteiger partial charge in [0.25, 0.3) is 0 Å². The first kappa shape index (κ1) is 14.7. The Kier molecular flexibility index (Phi) is 4.99. The quantitative estimate of drug-likeness (QED) is 0.520. The third kappa shape index (κ3) is 4.69. The van der Waals surface area contributed by atoms with E-state index in [1.54, 1.807) is 25.3 Å². The molecular formula is C17H17NO3. The van der Waals surface area contributed by atoms with Crippen LogP contribution in [0.5, 0.6) is 5.75 Å². The van der Waals surface area contributed by atoms with Gasteiger partial charge in [-0.1, -0.05) is 24.3 Å². The van der Waals surface area contributed by atoms with E-state index in [0.717, 1.165) is 16.9 Å². The van der Waals surface area contributed by atoms with E-state index in [1.165, 1.54) is 6.08 Å². The lowest BCUT2D eigenvalue weighted by molar-refractivity contribution is -0.138. The average molecular weight is 283 g/mol. The van der Waals surface area contributed by atoms with E-state index in [0.29, 0.717) is 5.69 Å². The predicted molar refractivity (Wildman–Crippen MR) is 82.7 cm³/mol. The number of carbonyl (C=O) groups is 1. The summed E-state index contributed by atoms with van der Waals surface area (Å²) in [4.78, 5) is 11.6. The summed E-state index contributed by atoms with van der Waals surface area (Å²) in [5.41, 5.74) is 8.08. The summed E-state index contributed by atoms with van der Waals surface area (Å²) in [5.74, 6) is 0.385. The zero-order valence-electron chi connectivity index (χ0n) is 11.8. The first-order valence-electron chi connectivity index (χ1n) is 6.50. The Morgan fingerprint density at radius 3 is 2.38 bits per heavy atom. The molecule has 108 valence electrons. The molecular weight excluding hydrogens is 266 g/mol. The summed E-state index contributed by atoms with van der Waals surface area (Å²) < 4.78 is 10.2. The Labute approximate surface area is 123 Å². The molecule has 0 spiro atoms. The highest BCUT2D eigenvalue weighted by atomic mass is 16.5. The highest BCUT2D eigenvalue weighted by Gasteiger charge is 1.99. The number of methoxy groups -OCH3 is 1. The molecule has 0 unspecified atom stereocenters. The number of carbonyl (C=O) groups excluding carboxylic acids is 1. The van der Waals surface area contributed by atoms with Crippen LogP contribution in [-0.2, 0) is 16.1 Å². The van der Waals surface area contributed by atoms with Gasteiger partial charge in [0.05, 0.1) is 7.11 Å². The Balaban J connectivity index is 1.85. The first-order valence-corrected chi connectivity index (χ1v) is 6.50. The van der Waals surface area contributed by atoms with Crippen LogP contribution < -0.4 is 10.5 Å². The number of nitrogens with two attached hydrogens (primary N) is 1. The molecule has 2 N–H and O–H groups in total. The van der Waals surface area contributed by atoms with E-state index in [4.69, 9.17) is 15.2 Å². The molecule has 0 aliphatic rings. The fraction of sp³-hybridized carbons (Fsp3) is 0.118. The highest BCUT2D eigenvalue weighted by Crippen LogP contribution is 2.12.